The van der Waals surface area contributed by atoms with Gasteiger partial charge in [0.05, 0.1) is 0 Å². The van der Waals surface area contributed by atoms with Crippen LogP contribution in [0, 0.1) is 12.7 Å². The Hall–Kier alpha value is -2.58. The van der Waals surface area contributed by atoms with Crippen LogP contribution in [0.5, 0.6) is 0 Å². The maximum absolute atomic E-state index is 14.2. The van der Waals surface area contributed by atoms with Crippen molar-refractivity contribution in [3.05, 3.63) is 57.8 Å². The standard InChI is InChI=1S/C22H28FN5O2/c1-16-14-20(29)21(24-28(16)19-8-4-3-7-18(19)23)22(30)27-12-10-26(11-13-27)17-6-5-9-25(2)15-17/h3-4,7-8,14,17H,5-6,9-13,15H2,1-2H3. The summed E-state index contributed by atoms with van der Waals surface area (Å²) < 4.78 is 15.6. The molecule has 1 aromatic heterocycles. The first-order chi connectivity index (χ1) is 14.4. The molecule has 7 nitrogen and oxygen atoms in total. The van der Waals surface area contributed by atoms with Gasteiger partial charge in [0.25, 0.3) is 5.91 Å². The average Bonchev–Trinajstić information content (AvgIpc) is 2.74. The SMILES string of the molecule is Cc1cc(=O)c(C(=O)N2CCN(C3CCCN(C)C3)CC2)nn1-c1ccccc1F. The molecule has 0 spiro atoms. The Morgan fingerprint density at radius 3 is 2.57 bits per heavy atom. The smallest absolute Gasteiger partial charge is 0.278 e. The van der Waals surface area contributed by atoms with Crippen LogP contribution in [0.15, 0.2) is 35.1 Å². The number of carbonyl (C=O) groups excluding carboxylic acids is 1. The lowest BCUT2D eigenvalue weighted by molar-refractivity contribution is 0.0446. The highest BCUT2D eigenvalue weighted by Crippen LogP contribution is 2.18. The molecule has 2 aliphatic heterocycles. The molecule has 4 rings (SSSR count). The van der Waals surface area contributed by atoms with Crippen LogP contribution in [0.3, 0.4) is 0 Å². The van der Waals surface area contributed by atoms with E-state index in [1.54, 1.807) is 30.0 Å². The van der Waals surface area contributed by atoms with Gasteiger partial charge in [0.15, 0.2) is 5.69 Å². The van der Waals surface area contributed by atoms with Crippen molar-refractivity contribution in [1.82, 2.24) is 24.5 Å². The van der Waals surface area contributed by atoms with E-state index in [-0.39, 0.29) is 17.3 Å². The Morgan fingerprint density at radius 2 is 1.87 bits per heavy atom. The van der Waals surface area contributed by atoms with Crippen LogP contribution in [0.25, 0.3) is 5.69 Å². The fourth-order valence-electron chi connectivity index (χ4n) is 4.44. The molecule has 2 aromatic rings. The molecule has 1 amide bonds. The number of para-hydroxylation sites is 1. The summed E-state index contributed by atoms with van der Waals surface area (Å²) >= 11 is 0. The van der Waals surface area contributed by atoms with E-state index in [0.717, 1.165) is 26.2 Å². The van der Waals surface area contributed by atoms with Crippen LogP contribution in [-0.2, 0) is 0 Å². The van der Waals surface area contributed by atoms with Gasteiger partial charge in [0, 0.05) is 50.5 Å². The van der Waals surface area contributed by atoms with Crippen LogP contribution in [0.2, 0.25) is 0 Å². The zero-order valence-corrected chi connectivity index (χ0v) is 17.6. The number of likely N-dealkylation sites (N-methyl/N-ethyl adjacent to an activating group) is 1. The third-order valence-corrected chi connectivity index (χ3v) is 6.11. The molecule has 2 saturated heterocycles. The highest BCUT2D eigenvalue weighted by atomic mass is 19.1. The molecule has 0 N–H and O–H groups in total. The Labute approximate surface area is 175 Å². The van der Waals surface area contributed by atoms with E-state index in [1.165, 1.54) is 29.7 Å². The number of carbonyl (C=O) groups is 1. The number of benzene rings is 1. The molecule has 2 fully saturated rings. The molecule has 0 radical (unpaired) electrons. The van der Waals surface area contributed by atoms with Gasteiger partial charge in [-0.1, -0.05) is 12.1 Å². The van der Waals surface area contributed by atoms with E-state index < -0.39 is 11.2 Å². The molecular formula is C22H28FN5O2. The van der Waals surface area contributed by atoms with Crippen molar-refractivity contribution in [2.24, 2.45) is 0 Å². The van der Waals surface area contributed by atoms with Gasteiger partial charge in [-0.25, -0.2) is 9.07 Å². The van der Waals surface area contributed by atoms with Gasteiger partial charge in [-0.3, -0.25) is 14.5 Å². The average molecular weight is 413 g/mol. The molecule has 30 heavy (non-hydrogen) atoms. The van der Waals surface area contributed by atoms with Crippen molar-refractivity contribution in [3.8, 4) is 5.69 Å². The normalized spacial score (nSPS) is 21.0. The molecule has 2 aliphatic rings. The molecule has 3 heterocycles. The fraction of sp³-hybridized carbons (Fsp3) is 0.500. The van der Waals surface area contributed by atoms with Gasteiger partial charge >= 0.3 is 0 Å². The minimum absolute atomic E-state index is 0.158. The van der Waals surface area contributed by atoms with Gasteiger partial charge in [-0.05, 0) is 45.5 Å². The zero-order valence-electron chi connectivity index (χ0n) is 17.6. The number of aryl methyl sites for hydroxylation is 1. The molecule has 0 bridgehead atoms. The quantitative estimate of drug-likeness (QED) is 0.764. The Morgan fingerprint density at radius 1 is 1.13 bits per heavy atom. The van der Waals surface area contributed by atoms with Crippen LogP contribution in [-0.4, -0.2) is 82.7 Å². The topological polar surface area (TPSA) is 61.7 Å². The zero-order chi connectivity index (χ0) is 21.3. The number of rotatable bonds is 3. The summed E-state index contributed by atoms with van der Waals surface area (Å²) in [7, 11) is 2.15. The number of nitrogens with zero attached hydrogens (tertiary/aromatic N) is 5. The third kappa shape index (κ3) is 4.15. The van der Waals surface area contributed by atoms with Crippen molar-refractivity contribution >= 4 is 5.91 Å². The number of piperazine rings is 1. The summed E-state index contributed by atoms with van der Waals surface area (Å²) in [4.78, 5) is 32.1. The van der Waals surface area contributed by atoms with Crippen LogP contribution in [0.4, 0.5) is 4.39 Å². The lowest BCUT2D eigenvalue weighted by Crippen LogP contribution is -2.55. The predicted molar refractivity (Wildman–Crippen MR) is 113 cm³/mol. The number of piperidine rings is 1. The van der Waals surface area contributed by atoms with Crippen LogP contribution < -0.4 is 5.43 Å². The molecule has 1 atom stereocenters. The lowest BCUT2D eigenvalue weighted by atomic mass is 10.0. The number of halogens is 1. The van der Waals surface area contributed by atoms with E-state index in [9.17, 15) is 14.0 Å². The van der Waals surface area contributed by atoms with E-state index >= 15 is 0 Å². The Kier molecular flexibility index (Phi) is 5.97. The van der Waals surface area contributed by atoms with Gasteiger partial charge in [-0.2, -0.15) is 5.10 Å². The summed E-state index contributed by atoms with van der Waals surface area (Å²) in [5, 5.41) is 4.25. The minimum atomic E-state index is -0.457. The number of likely N-dealkylation sites (tertiary alicyclic amines) is 1. The van der Waals surface area contributed by atoms with Gasteiger partial charge in [0.2, 0.25) is 5.43 Å². The maximum Gasteiger partial charge on any atom is 0.278 e. The largest absolute Gasteiger partial charge is 0.335 e. The summed E-state index contributed by atoms with van der Waals surface area (Å²) in [5.41, 5.74) is 0.110. The first kappa shape index (κ1) is 20.7. The van der Waals surface area contributed by atoms with Crippen LogP contribution in [0.1, 0.15) is 29.0 Å². The molecule has 8 heteroatoms. The van der Waals surface area contributed by atoms with E-state index in [2.05, 4.69) is 21.9 Å². The fourth-order valence-corrected chi connectivity index (χ4v) is 4.44. The summed E-state index contributed by atoms with van der Waals surface area (Å²) in [6.07, 6.45) is 2.38. The van der Waals surface area contributed by atoms with Crippen molar-refractivity contribution in [3.63, 3.8) is 0 Å². The number of hydrogen-bond donors (Lipinski definition) is 0. The Bertz CT molecular complexity index is 984. The number of amides is 1. The van der Waals surface area contributed by atoms with Gasteiger partial charge in [0.1, 0.15) is 11.5 Å². The van der Waals surface area contributed by atoms with Crippen molar-refractivity contribution < 1.29 is 9.18 Å². The van der Waals surface area contributed by atoms with Crippen molar-refractivity contribution in [1.29, 1.82) is 0 Å². The van der Waals surface area contributed by atoms with Gasteiger partial charge < -0.3 is 9.80 Å². The second kappa shape index (κ2) is 8.65. The molecule has 0 saturated carbocycles. The Balaban J connectivity index is 1.51. The number of hydrogen-bond acceptors (Lipinski definition) is 5. The van der Waals surface area contributed by atoms with Gasteiger partial charge in [-0.15, -0.1) is 0 Å². The molecule has 160 valence electrons. The lowest BCUT2D eigenvalue weighted by Gasteiger charge is -2.42. The number of aromatic nitrogens is 2. The van der Waals surface area contributed by atoms with Crippen LogP contribution >= 0.6 is 0 Å². The first-order valence-electron chi connectivity index (χ1n) is 10.5. The molecular weight excluding hydrogens is 385 g/mol. The highest BCUT2D eigenvalue weighted by molar-refractivity contribution is 5.92. The third-order valence-electron chi connectivity index (χ3n) is 6.11. The van der Waals surface area contributed by atoms with Crippen molar-refractivity contribution in [2.75, 3.05) is 46.3 Å². The summed E-state index contributed by atoms with van der Waals surface area (Å²) in [5.74, 6) is -0.841. The predicted octanol–water partition coefficient (Wildman–Crippen LogP) is 1.53. The molecule has 1 unspecified atom stereocenters. The summed E-state index contributed by atoms with van der Waals surface area (Å²) in [6, 6.07) is 8.07. The molecule has 1 aromatic carbocycles. The molecule has 0 aliphatic carbocycles. The second-order valence-corrected chi connectivity index (χ2v) is 8.25. The van der Waals surface area contributed by atoms with E-state index in [1.807, 2.05) is 0 Å². The van der Waals surface area contributed by atoms with E-state index in [0.29, 0.717) is 24.8 Å². The monoisotopic (exact) mass is 413 g/mol. The first-order valence-corrected chi connectivity index (χ1v) is 10.5. The van der Waals surface area contributed by atoms with Crippen molar-refractivity contribution in [2.45, 2.75) is 25.8 Å². The maximum atomic E-state index is 14.2. The minimum Gasteiger partial charge on any atom is -0.335 e. The second-order valence-electron chi connectivity index (χ2n) is 8.25. The van der Waals surface area contributed by atoms with E-state index in [4.69, 9.17) is 0 Å². The summed E-state index contributed by atoms with van der Waals surface area (Å²) in [6.45, 7) is 6.58. The highest BCUT2D eigenvalue weighted by Gasteiger charge is 2.30.